The Balaban J connectivity index is 1.67. The minimum atomic E-state index is -1.24. The van der Waals surface area contributed by atoms with Crippen molar-refractivity contribution in [1.29, 1.82) is 0 Å². The van der Waals surface area contributed by atoms with Crippen LogP contribution in [0.4, 0.5) is 4.39 Å². The third kappa shape index (κ3) is 10.5. The summed E-state index contributed by atoms with van der Waals surface area (Å²) in [6.07, 6.45) is -0.558. The Morgan fingerprint density at radius 2 is 1.66 bits per heavy atom. The van der Waals surface area contributed by atoms with Gasteiger partial charge < -0.3 is 36.6 Å². The van der Waals surface area contributed by atoms with Crippen LogP contribution >= 0.6 is 11.6 Å². The van der Waals surface area contributed by atoms with Gasteiger partial charge in [0.05, 0.1) is 6.10 Å². The van der Waals surface area contributed by atoms with Crippen molar-refractivity contribution in [3.63, 3.8) is 0 Å². The van der Waals surface area contributed by atoms with Crippen molar-refractivity contribution in [2.75, 3.05) is 13.1 Å². The van der Waals surface area contributed by atoms with E-state index in [1.807, 2.05) is 13.8 Å². The number of aliphatic hydroxyl groups excluding tert-OH is 1. The molecule has 0 radical (unpaired) electrons. The monoisotopic (exact) mass is 714 g/mol. The molecule has 2 heterocycles. The van der Waals surface area contributed by atoms with E-state index in [4.69, 9.17) is 11.6 Å². The van der Waals surface area contributed by atoms with Crippen LogP contribution in [0.5, 0.6) is 0 Å². The van der Waals surface area contributed by atoms with Crippen LogP contribution in [0.2, 0.25) is 5.02 Å². The molecule has 13 nitrogen and oxygen atoms in total. The van der Waals surface area contributed by atoms with Gasteiger partial charge in [-0.25, -0.2) is 4.39 Å². The summed E-state index contributed by atoms with van der Waals surface area (Å²) in [6.45, 7) is 5.11. The van der Waals surface area contributed by atoms with Gasteiger partial charge in [-0.15, -0.1) is 0 Å². The molecule has 0 aromatic heterocycles. The Labute approximate surface area is 295 Å². The lowest BCUT2D eigenvalue weighted by molar-refractivity contribution is -0.141. The van der Waals surface area contributed by atoms with Crippen LogP contribution in [0.3, 0.4) is 0 Å². The van der Waals surface area contributed by atoms with E-state index in [-0.39, 0.29) is 61.7 Å². The number of fused-ring (bicyclic) bond motifs is 1. The largest absolute Gasteiger partial charge is 0.391 e. The third-order valence-electron chi connectivity index (χ3n) is 8.57. The van der Waals surface area contributed by atoms with Gasteiger partial charge in [0.25, 0.3) is 5.91 Å². The summed E-state index contributed by atoms with van der Waals surface area (Å²) in [5.41, 5.74) is 0.578. The number of rotatable bonds is 6. The summed E-state index contributed by atoms with van der Waals surface area (Å²) in [6, 6.07) is 6.52. The maximum Gasteiger partial charge on any atom is 0.252 e. The van der Waals surface area contributed by atoms with Crippen molar-refractivity contribution in [3.8, 4) is 0 Å². The molecule has 0 spiro atoms. The second-order valence-corrected chi connectivity index (χ2v) is 13.6. The topological polar surface area (TPSA) is 186 Å². The quantitative estimate of drug-likeness (QED) is 0.260. The fourth-order valence-electron chi connectivity index (χ4n) is 6.07. The number of amides is 6. The first-order chi connectivity index (χ1) is 23.7. The van der Waals surface area contributed by atoms with Crippen LogP contribution in [0.25, 0.3) is 0 Å². The summed E-state index contributed by atoms with van der Waals surface area (Å²) in [5, 5.41) is 23.8. The summed E-state index contributed by atoms with van der Waals surface area (Å²) < 4.78 is 14.1. The van der Waals surface area contributed by atoms with Gasteiger partial charge in [-0.05, 0) is 55.9 Å². The van der Waals surface area contributed by atoms with Gasteiger partial charge >= 0.3 is 0 Å². The fraction of sp³-hybridized carbons (Fsp3) is 0.486. The van der Waals surface area contributed by atoms with Gasteiger partial charge in [-0.1, -0.05) is 55.8 Å². The van der Waals surface area contributed by atoms with Crippen LogP contribution in [0, 0.1) is 11.7 Å². The Kier molecular flexibility index (Phi) is 13.3. The van der Waals surface area contributed by atoms with Crippen LogP contribution in [-0.2, 0) is 30.4 Å². The number of carbonyl (C=O) groups is 6. The highest BCUT2D eigenvalue weighted by Crippen LogP contribution is 2.20. The zero-order valence-corrected chi connectivity index (χ0v) is 29.0. The average Bonchev–Trinajstić information content (AvgIpc) is 3.45. The molecule has 15 heteroatoms. The number of halogens is 2. The Bertz CT molecular complexity index is 1560. The van der Waals surface area contributed by atoms with E-state index in [1.54, 1.807) is 30.3 Å². The van der Waals surface area contributed by atoms with E-state index >= 15 is 0 Å². The van der Waals surface area contributed by atoms with Crippen molar-refractivity contribution in [2.45, 2.75) is 89.2 Å². The number of carbonyl (C=O) groups excluding carboxylic acids is 6. The SMILES string of the molecule is CC(C)C[C@@H]1NC(=O)[C@@H](Cc2ccccc2)NC(=O)[C@@H](NC(=O)c2cc(F)cc(Cl)c2)CCCNC(=O)[C@@H]2C[C@@H](O)CN2C(=O)[C@H](C)NC1=O. The molecule has 2 aliphatic heterocycles. The minimum Gasteiger partial charge on any atom is -0.391 e. The van der Waals surface area contributed by atoms with E-state index in [2.05, 4.69) is 26.6 Å². The number of hydrogen-bond donors (Lipinski definition) is 6. The molecular weight excluding hydrogens is 671 g/mol. The van der Waals surface area contributed by atoms with E-state index in [9.17, 15) is 38.3 Å². The first kappa shape index (κ1) is 38.2. The van der Waals surface area contributed by atoms with Gasteiger partial charge in [0.1, 0.15) is 36.0 Å². The fourth-order valence-corrected chi connectivity index (χ4v) is 6.29. The number of hydrogen-bond acceptors (Lipinski definition) is 7. The van der Waals surface area contributed by atoms with Crippen LogP contribution < -0.4 is 26.6 Å². The molecule has 2 aliphatic rings. The van der Waals surface area contributed by atoms with Crippen LogP contribution in [0.1, 0.15) is 62.4 Å². The van der Waals surface area contributed by atoms with Gasteiger partial charge in [-0.2, -0.15) is 0 Å². The molecule has 0 saturated carbocycles. The number of nitrogens with zero attached hydrogens (tertiary/aromatic N) is 1. The maximum absolute atomic E-state index is 14.1. The van der Waals surface area contributed by atoms with E-state index in [0.717, 1.165) is 12.1 Å². The molecule has 6 N–H and O–H groups in total. The van der Waals surface area contributed by atoms with Crippen molar-refractivity contribution in [1.82, 2.24) is 31.5 Å². The second kappa shape index (κ2) is 17.4. The van der Waals surface area contributed by atoms with E-state index in [1.165, 1.54) is 17.9 Å². The first-order valence-electron chi connectivity index (χ1n) is 16.7. The predicted molar refractivity (Wildman–Crippen MR) is 182 cm³/mol. The maximum atomic E-state index is 14.1. The number of nitrogens with one attached hydrogen (secondary N) is 5. The van der Waals surface area contributed by atoms with Crippen molar-refractivity contribution in [3.05, 3.63) is 70.5 Å². The zero-order valence-electron chi connectivity index (χ0n) is 28.2. The summed E-state index contributed by atoms with van der Waals surface area (Å²) >= 11 is 5.95. The molecule has 4 rings (SSSR count). The molecule has 50 heavy (non-hydrogen) atoms. The molecule has 2 aromatic carbocycles. The lowest BCUT2D eigenvalue weighted by Crippen LogP contribution is -2.59. The molecule has 6 atom stereocenters. The Morgan fingerprint density at radius 1 is 0.980 bits per heavy atom. The van der Waals surface area contributed by atoms with Crippen molar-refractivity contribution in [2.24, 2.45) is 5.92 Å². The molecule has 2 saturated heterocycles. The smallest absolute Gasteiger partial charge is 0.252 e. The molecule has 270 valence electrons. The molecular formula is C35H44ClFN6O7. The Hall–Kier alpha value is -4.56. The first-order valence-corrected chi connectivity index (χ1v) is 17.1. The van der Waals surface area contributed by atoms with E-state index < -0.39 is 77.6 Å². The highest BCUT2D eigenvalue weighted by atomic mass is 35.5. The summed E-state index contributed by atoms with van der Waals surface area (Å²) in [7, 11) is 0. The molecule has 0 bridgehead atoms. The molecule has 0 aliphatic carbocycles. The van der Waals surface area contributed by atoms with Crippen LogP contribution in [0.15, 0.2) is 48.5 Å². The second-order valence-electron chi connectivity index (χ2n) is 13.2. The molecule has 6 amide bonds. The van der Waals surface area contributed by atoms with Gasteiger partial charge in [0.2, 0.25) is 29.5 Å². The van der Waals surface area contributed by atoms with E-state index in [0.29, 0.717) is 5.56 Å². The number of aliphatic hydroxyl groups is 1. The summed E-state index contributed by atoms with van der Waals surface area (Å²) in [5.74, 6) is -4.73. The lowest BCUT2D eigenvalue weighted by atomic mass is 10.00. The standard InChI is InChI=1S/C35H44ClFN6O7/c1-19(2)12-27-32(47)39-20(3)35(50)43-18-25(44)17-29(43)34(49)38-11-7-10-26(40-30(45)22-14-23(36)16-24(37)15-22)31(46)42-28(33(48)41-27)13-21-8-5-4-6-9-21/h4-6,8-9,14-16,19-20,25-29,44H,7,10-13,17-18H2,1-3H3,(H,38,49)(H,39,47)(H,40,45)(H,41,48)(H,42,46)/t20-,25+,26-,27-,28+,29-/m0/s1. The minimum absolute atomic E-state index is 0.00801. The van der Waals surface area contributed by atoms with Crippen molar-refractivity contribution >= 4 is 47.0 Å². The lowest BCUT2D eigenvalue weighted by Gasteiger charge is -2.29. The average molecular weight is 715 g/mol. The highest BCUT2D eigenvalue weighted by molar-refractivity contribution is 6.31. The summed E-state index contributed by atoms with van der Waals surface area (Å²) in [4.78, 5) is 82.4. The zero-order chi connectivity index (χ0) is 36.5. The normalized spacial score (nSPS) is 25.8. The number of benzene rings is 2. The van der Waals surface area contributed by atoms with Crippen molar-refractivity contribution < 1.29 is 38.3 Å². The Morgan fingerprint density at radius 3 is 2.34 bits per heavy atom. The molecule has 2 fully saturated rings. The van der Waals surface area contributed by atoms with Crippen LogP contribution in [-0.4, -0.2) is 94.9 Å². The third-order valence-corrected chi connectivity index (χ3v) is 8.78. The molecule has 0 unspecified atom stereocenters. The van der Waals surface area contributed by atoms with Gasteiger partial charge in [0, 0.05) is 36.5 Å². The predicted octanol–water partition coefficient (Wildman–Crippen LogP) is 1.21. The van der Waals surface area contributed by atoms with Gasteiger partial charge in [-0.3, -0.25) is 28.8 Å². The molecule has 2 aromatic rings. The highest BCUT2D eigenvalue weighted by Gasteiger charge is 2.41. The van der Waals surface area contributed by atoms with Gasteiger partial charge in [0.15, 0.2) is 0 Å².